The molecule has 1 aromatic rings. The maximum absolute atomic E-state index is 12.2. The van der Waals surface area contributed by atoms with E-state index in [1.54, 1.807) is 0 Å². The van der Waals surface area contributed by atoms with Gasteiger partial charge in [-0.15, -0.1) is 0 Å². The number of hydrogen-bond donors (Lipinski definition) is 2. The van der Waals surface area contributed by atoms with Crippen LogP contribution >= 0.6 is 0 Å². The van der Waals surface area contributed by atoms with Gasteiger partial charge in [-0.05, 0) is 45.7 Å². The number of hydrogen-bond acceptors (Lipinski definition) is 4. The first kappa shape index (κ1) is 16.4. The molecule has 0 radical (unpaired) electrons. The first-order valence-corrected chi connectivity index (χ1v) is 7.53. The van der Waals surface area contributed by atoms with Crippen molar-refractivity contribution in [2.24, 2.45) is 0 Å². The average molecular weight is 305 g/mol. The van der Waals surface area contributed by atoms with Crippen LogP contribution in [0.3, 0.4) is 0 Å². The van der Waals surface area contributed by atoms with Crippen LogP contribution in [0.5, 0.6) is 0 Å². The van der Waals surface area contributed by atoms with E-state index in [0.29, 0.717) is 0 Å². The topological polar surface area (TPSA) is 82.5 Å². The summed E-state index contributed by atoms with van der Waals surface area (Å²) in [4.78, 5) is 29.4. The summed E-state index contributed by atoms with van der Waals surface area (Å²) in [5.74, 6) is -1.44. The molecule has 1 aliphatic rings. The van der Waals surface area contributed by atoms with Gasteiger partial charge in [0.2, 0.25) is 0 Å². The van der Waals surface area contributed by atoms with Crippen molar-refractivity contribution in [1.82, 2.24) is 15.2 Å². The SMILES string of the molecule is CC(C)(C)N1CCC(NC(=O)c2cccc(C(=O)O)n2)CC1. The molecule has 1 aromatic heterocycles. The number of rotatable bonds is 3. The third-order valence-electron chi connectivity index (χ3n) is 3.98. The largest absolute Gasteiger partial charge is 0.477 e. The Hall–Kier alpha value is -1.95. The summed E-state index contributed by atoms with van der Waals surface area (Å²) < 4.78 is 0. The van der Waals surface area contributed by atoms with Crippen LogP contribution in [0.15, 0.2) is 18.2 Å². The van der Waals surface area contributed by atoms with Crippen molar-refractivity contribution in [2.45, 2.75) is 45.2 Å². The van der Waals surface area contributed by atoms with Gasteiger partial charge in [0.1, 0.15) is 11.4 Å². The van der Waals surface area contributed by atoms with Gasteiger partial charge in [-0.3, -0.25) is 9.69 Å². The van der Waals surface area contributed by atoms with Crippen LogP contribution in [0, 0.1) is 0 Å². The van der Waals surface area contributed by atoms with Crippen LogP contribution < -0.4 is 5.32 Å². The Kier molecular flexibility index (Phi) is 4.81. The molecule has 1 fully saturated rings. The molecule has 2 N–H and O–H groups in total. The lowest BCUT2D eigenvalue weighted by Crippen LogP contribution is -2.50. The quantitative estimate of drug-likeness (QED) is 0.889. The predicted octanol–water partition coefficient (Wildman–Crippen LogP) is 1.77. The zero-order valence-electron chi connectivity index (χ0n) is 13.3. The fourth-order valence-electron chi connectivity index (χ4n) is 2.63. The number of piperidine rings is 1. The molecule has 6 heteroatoms. The van der Waals surface area contributed by atoms with Crippen LogP contribution in [-0.4, -0.2) is 51.5 Å². The molecule has 0 unspecified atom stereocenters. The van der Waals surface area contributed by atoms with E-state index in [0.717, 1.165) is 25.9 Å². The van der Waals surface area contributed by atoms with Crippen LogP contribution in [0.4, 0.5) is 0 Å². The number of nitrogens with zero attached hydrogens (tertiary/aromatic N) is 2. The van der Waals surface area contributed by atoms with Crippen molar-refractivity contribution in [3.63, 3.8) is 0 Å². The highest BCUT2D eigenvalue weighted by Gasteiger charge is 2.27. The van der Waals surface area contributed by atoms with Gasteiger partial charge >= 0.3 is 5.97 Å². The summed E-state index contributed by atoms with van der Waals surface area (Å²) in [6.07, 6.45) is 1.78. The summed E-state index contributed by atoms with van der Waals surface area (Å²) >= 11 is 0. The Morgan fingerprint density at radius 1 is 1.23 bits per heavy atom. The molecule has 2 rings (SSSR count). The third kappa shape index (κ3) is 4.04. The second-order valence-corrected chi connectivity index (χ2v) is 6.62. The minimum absolute atomic E-state index is 0.112. The number of likely N-dealkylation sites (tertiary alicyclic amines) is 1. The molecule has 0 aromatic carbocycles. The fraction of sp³-hybridized carbons (Fsp3) is 0.562. The zero-order valence-corrected chi connectivity index (χ0v) is 13.3. The van der Waals surface area contributed by atoms with Crippen LogP contribution in [0.1, 0.15) is 54.6 Å². The molecule has 0 bridgehead atoms. The molecule has 1 amide bonds. The predicted molar refractivity (Wildman–Crippen MR) is 83.0 cm³/mol. The first-order chi connectivity index (χ1) is 10.3. The highest BCUT2D eigenvalue weighted by Crippen LogP contribution is 2.20. The van der Waals surface area contributed by atoms with Crippen molar-refractivity contribution >= 4 is 11.9 Å². The Balaban J connectivity index is 1.94. The van der Waals surface area contributed by atoms with E-state index >= 15 is 0 Å². The molecule has 22 heavy (non-hydrogen) atoms. The molecule has 1 saturated heterocycles. The van der Waals surface area contributed by atoms with Gasteiger partial charge in [0.15, 0.2) is 0 Å². The van der Waals surface area contributed by atoms with Gasteiger partial charge in [-0.1, -0.05) is 6.07 Å². The van der Waals surface area contributed by atoms with E-state index < -0.39 is 5.97 Å². The summed E-state index contributed by atoms with van der Waals surface area (Å²) in [5.41, 5.74) is 0.181. The number of carbonyl (C=O) groups excluding carboxylic acids is 1. The maximum atomic E-state index is 12.2. The van der Waals surface area contributed by atoms with Crippen molar-refractivity contribution in [2.75, 3.05) is 13.1 Å². The number of nitrogens with one attached hydrogen (secondary N) is 1. The lowest BCUT2D eigenvalue weighted by molar-refractivity contribution is 0.0690. The summed E-state index contributed by atoms with van der Waals surface area (Å²) in [5, 5.41) is 11.9. The molecule has 2 heterocycles. The number of carboxylic acid groups (broad SMARTS) is 1. The van der Waals surface area contributed by atoms with Crippen LogP contribution in [0.2, 0.25) is 0 Å². The smallest absolute Gasteiger partial charge is 0.354 e. The highest BCUT2D eigenvalue weighted by molar-refractivity contribution is 5.94. The number of carboxylic acids is 1. The zero-order chi connectivity index (χ0) is 16.3. The molecular weight excluding hydrogens is 282 g/mol. The van der Waals surface area contributed by atoms with E-state index in [9.17, 15) is 9.59 Å². The number of aromatic nitrogens is 1. The lowest BCUT2D eigenvalue weighted by atomic mass is 9.98. The van der Waals surface area contributed by atoms with E-state index in [1.165, 1.54) is 18.2 Å². The monoisotopic (exact) mass is 305 g/mol. The first-order valence-electron chi connectivity index (χ1n) is 7.53. The molecular formula is C16H23N3O3. The van der Waals surface area contributed by atoms with E-state index in [2.05, 4.69) is 36.0 Å². The van der Waals surface area contributed by atoms with Crippen molar-refractivity contribution < 1.29 is 14.7 Å². The lowest BCUT2D eigenvalue weighted by Gasteiger charge is -2.41. The maximum Gasteiger partial charge on any atom is 0.354 e. The van der Waals surface area contributed by atoms with Crippen molar-refractivity contribution in [3.8, 4) is 0 Å². The normalized spacial score (nSPS) is 17.2. The molecule has 0 aliphatic carbocycles. The minimum atomic E-state index is -1.13. The van der Waals surface area contributed by atoms with Gasteiger partial charge in [0, 0.05) is 24.7 Å². The number of aromatic carboxylic acids is 1. The molecule has 0 saturated carbocycles. The molecule has 1 aliphatic heterocycles. The second-order valence-electron chi connectivity index (χ2n) is 6.62. The molecule has 0 spiro atoms. The van der Waals surface area contributed by atoms with Crippen molar-refractivity contribution in [1.29, 1.82) is 0 Å². The van der Waals surface area contributed by atoms with Gasteiger partial charge in [-0.25, -0.2) is 9.78 Å². The van der Waals surface area contributed by atoms with E-state index in [4.69, 9.17) is 5.11 Å². The van der Waals surface area contributed by atoms with Gasteiger partial charge in [-0.2, -0.15) is 0 Å². The average Bonchev–Trinajstić information content (AvgIpc) is 2.47. The van der Waals surface area contributed by atoms with Crippen molar-refractivity contribution in [3.05, 3.63) is 29.6 Å². The molecule has 0 atom stereocenters. The Morgan fingerprint density at radius 2 is 1.82 bits per heavy atom. The minimum Gasteiger partial charge on any atom is -0.477 e. The van der Waals surface area contributed by atoms with Gasteiger partial charge in [0.25, 0.3) is 5.91 Å². The van der Waals surface area contributed by atoms with E-state index in [1.807, 2.05) is 0 Å². The summed E-state index contributed by atoms with van der Waals surface area (Å²) in [7, 11) is 0. The number of pyridine rings is 1. The second kappa shape index (κ2) is 6.44. The number of amides is 1. The molecule has 6 nitrogen and oxygen atoms in total. The van der Waals surface area contributed by atoms with Crippen LogP contribution in [0.25, 0.3) is 0 Å². The Bertz CT molecular complexity index is 558. The van der Waals surface area contributed by atoms with E-state index in [-0.39, 0.29) is 28.9 Å². The fourth-order valence-corrected chi connectivity index (χ4v) is 2.63. The van der Waals surface area contributed by atoms with Gasteiger partial charge < -0.3 is 10.4 Å². The third-order valence-corrected chi connectivity index (χ3v) is 3.98. The summed E-state index contributed by atoms with van der Waals surface area (Å²) in [6, 6.07) is 4.56. The Labute approximate surface area is 130 Å². The highest BCUT2D eigenvalue weighted by atomic mass is 16.4. The molecule has 120 valence electrons. The van der Waals surface area contributed by atoms with Crippen LogP contribution in [-0.2, 0) is 0 Å². The van der Waals surface area contributed by atoms with Gasteiger partial charge in [0.05, 0.1) is 0 Å². The summed E-state index contributed by atoms with van der Waals surface area (Å²) in [6.45, 7) is 8.45. The number of carbonyl (C=O) groups is 2. The Morgan fingerprint density at radius 3 is 2.36 bits per heavy atom. The standard InChI is InChI=1S/C16H23N3O3/c1-16(2,3)19-9-7-11(8-10-19)17-14(20)12-5-4-6-13(18-12)15(21)22/h4-6,11H,7-10H2,1-3H3,(H,17,20)(H,21,22).